The van der Waals surface area contributed by atoms with Gasteiger partial charge in [0.15, 0.2) is 0 Å². The van der Waals surface area contributed by atoms with Gasteiger partial charge in [-0.2, -0.15) is 0 Å². The molecule has 0 unspecified atom stereocenters. The molecular formula is C12H23N3O2. The third kappa shape index (κ3) is 4.46. The van der Waals surface area contributed by atoms with E-state index in [2.05, 4.69) is 15.3 Å². The molecule has 17 heavy (non-hydrogen) atoms. The second-order valence-electron chi connectivity index (χ2n) is 4.37. The maximum atomic E-state index is 5.64. The molecule has 0 aromatic carbocycles. The van der Waals surface area contributed by atoms with E-state index in [0.717, 1.165) is 24.6 Å². The number of imidazole rings is 1. The zero-order valence-electron chi connectivity index (χ0n) is 11.2. The third-order valence-corrected chi connectivity index (χ3v) is 2.50. The first kappa shape index (κ1) is 14.2. The first-order valence-corrected chi connectivity index (χ1v) is 5.98. The van der Waals surface area contributed by atoms with E-state index in [0.29, 0.717) is 13.2 Å². The molecule has 0 saturated carbocycles. The molecule has 0 aliphatic carbocycles. The first-order valence-electron chi connectivity index (χ1n) is 5.98. The fourth-order valence-corrected chi connectivity index (χ4v) is 1.58. The molecule has 0 saturated heterocycles. The Hall–Kier alpha value is -0.910. The van der Waals surface area contributed by atoms with Gasteiger partial charge in [-0.1, -0.05) is 0 Å². The van der Waals surface area contributed by atoms with Gasteiger partial charge in [-0.05, 0) is 20.8 Å². The van der Waals surface area contributed by atoms with Crippen LogP contribution in [-0.2, 0) is 21.6 Å². The van der Waals surface area contributed by atoms with Crippen LogP contribution in [-0.4, -0.2) is 36.8 Å². The zero-order valence-corrected chi connectivity index (χ0v) is 11.2. The van der Waals surface area contributed by atoms with Gasteiger partial charge in [0.05, 0.1) is 6.61 Å². The van der Waals surface area contributed by atoms with Crippen LogP contribution < -0.4 is 5.32 Å². The standard InChI is InChI=1S/C12H23N3O2/c1-5-17-12(2,3)11-14-9-10(15-11)8-13-6-7-16-4/h9,13H,5-8H2,1-4H3,(H,14,15). The van der Waals surface area contributed by atoms with Crippen LogP contribution in [0.1, 0.15) is 32.3 Å². The minimum Gasteiger partial charge on any atom is -0.383 e. The molecule has 0 aliphatic rings. The summed E-state index contributed by atoms with van der Waals surface area (Å²) in [6.45, 7) is 8.99. The van der Waals surface area contributed by atoms with Gasteiger partial charge >= 0.3 is 0 Å². The van der Waals surface area contributed by atoms with Gasteiger partial charge < -0.3 is 19.8 Å². The molecular weight excluding hydrogens is 218 g/mol. The summed E-state index contributed by atoms with van der Waals surface area (Å²) in [6.07, 6.45) is 1.84. The van der Waals surface area contributed by atoms with Gasteiger partial charge in [-0.15, -0.1) is 0 Å². The number of aromatic nitrogens is 2. The Morgan fingerprint density at radius 1 is 1.47 bits per heavy atom. The number of nitrogens with one attached hydrogen (secondary N) is 2. The summed E-state index contributed by atoms with van der Waals surface area (Å²) in [7, 11) is 1.70. The Labute approximate surface area is 103 Å². The van der Waals surface area contributed by atoms with Crippen molar-refractivity contribution in [1.82, 2.24) is 15.3 Å². The first-order chi connectivity index (χ1) is 8.10. The second kappa shape index (κ2) is 6.74. The van der Waals surface area contributed by atoms with Crippen LogP contribution in [0, 0.1) is 0 Å². The number of nitrogens with zero attached hydrogens (tertiary/aromatic N) is 1. The highest BCUT2D eigenvalue weighted by molar-refractivity contribution is 5.06. The van der Waals surface area contributed by atoms with Crippen molar-refractivity contribution in [3.05, 3.63) is 17.7 Å². The van der Waals surface area contributed by atoms with Crippen LogP contribution >= 0.6 is 0 Å². The number of hydrogen-bond donors (Lipinski definition) is 2. The van der Waals surface area contributed by atoms with E-state index in [1.165, 1.54) is 0 Å². The lowest BCUT2D eigenvalue weighted by Gasteiger charge is -2.21. The Morgan fingerprint density at radius 2 is 2.24 bits per heavy atom. The van der Waals surface area contributed by atoms with Gasteiger partial charge in [-0.3, -0.25) is 0 Å². The lowest BCUT2D eigenvalue weighted by atomic mass is 10.1. The highest BCUT2D eigenvalue weighted by Crippen LogP contribution is 2.21. The maximum Gasteiger partial charge on any atom is 0.138 e. The SMILES string of the molecule is CCOC(C)(C)c1ncc(CNCCOC)[nH]1. The molecule has 0 bridgehead atoms. The quantitative estimate of drug-likeness (QED) is 0.676. The number of ether oxygens (including phenoxy) is 2. The predicted molar refractivity (Wildman–Crippen MR) is 66.8 cm³/mol. The number of rotatable bonds is 8. The summed E-state index contributed by atoms with van der Waals surface area (Å²) in [5.74, 6) is 0.864. The van der Waals surface area contributed by atoms with Crippen molar-refractivity contribution in [2.24, 2.45) is 0 Å². The fourth-order valence-electron chi connectivity index (χ4n) is 1.58. The van der Waals surface area contributed by atoms with Gasteiger partial charge in [0, 0.05) is 38.7 Å². The van der Waals surface area contributed by atoms with Crippen molar-refractivity contribution in [3.63, 3.8) is 0 Å². The summed E-state index contributed by atoms with van der Waals surface area (Å²) >= 11 is 0. The van der Waals surface area contributed by atoms with E-state index in [4.69, 9.17) is 9.47 Å². The molecule has 0 radical (unpaired) electrons. The molecule has 0 atom stereocenters. The smallest absolute Gasteiger partial charge is 0.138 e. The zero-order chi connectivity index (χ0) is 12.7. The van der Waals surface area contributed by atoms with E-state index in [1.54, 1.807) is 7.11 Å². The predicted octanol–water partition coefficient (Wildman–Crippen LogP) is 1.42. The fraction of sp³-hybridized carbons (Fsp3) is 0.750. The Balaban J connectivity index is 2.47. The van der Waals surface area contributed by atoms with E-state index in [9.17, 15) is 0 Å². The van der Waals surface area contributed by atoms with Gasteiger partial charge in [0.25, 0.3) is 0 Å². The highest BCUT2D eigenvalue weighted by Gasteiger charge is 2.23. The number of H-pyrrole nitrogens is 1. The molecule has 5 nitrogen and oxygen atoms in total. The molecule has 1 aromatic rings. The molecule has 0 amide bonds. The average molecular weight is 241 g/mol. The molecule has 1 rings (SSSR count). The summed E-state index contributed by atoms with van der Waals surface area (Å²) in [5.41, 5.74) is 0.698. The largest absolute Gasteiger partial charge is 0.383 e. The molecule has 0 fully saturated rings. The second-order valence-corrected chi connectivity index (χ2v) is 4.37. The Kier molecular flexibility index (Phi) is 5.61. The molecule has 2 N–H and O–H groups in total. The van der Waals surface area contributed by atoms with Crippen molar-refractivity contribution in [3.8, 4) is 0 Å². The maximum absolute atomic E-state index is 5.64. The van der Waals surface area contributed by atoms with Gasteiger partial charge in [-0.25, -0.2) is 4.98 Å². The van der Waals surface area contributed by atoms with Crippen LogP contribution in [0.5, 0.6) is 0 Å². The minimum absolute atomic E-state index is 0.362. The molecule has 0 aliphatic heterocycles. The lowest BCUT2D eigenvalue weighted by Crippen LogP contribution is -2.23. The van der Waals surface area contributed by atoms with Gasteiger partial charge in [0.2, 0.25) is 0 Å². The monoisotopic (exact) mass is 241 g/mol. The number of methoxy groups -OCH3 is 1. The van der Waals surface area contributed by atoms with Crippen LogP contribution in [0.4, 0.5) is 0 Å². The van der Waals surface area contributed by atoms with Crippen molar-refractivity contribution in [1.29, 1.82) is 0 Å². The van der Waals surface area contributed by atoms with Gasteiger partial charge in [0.1, 0.15) is 11.4 Å². The molecule has 98 valence electrons. The summed E-state index contributed by atoms with van der Waals surface area (Å²) in [4.78, 5) is 7.63. The number of aromatic amines is 1. The van der Waals surface area contributed by atoms with Crippen molar-refractivity contribution in [2.45, 2.75) is 32.9 Å². The molecule has 5 heteroatoms. The minimum atomic E-state index is -0.362. The summed E-state index contributed by atoms with van der Waals surface area (Å²) in [6, 6.07) is 0. The third-order valence-electron chi connectivity index (χ3n) is 2.50. The average Bonchev–Trinajstić information content (AvgIpc) is 2.74. The Morgan fingerprint density at radius 3 is 2.88 bits per heavy atom. The lowest BCUT2D eigenvalue weighted by molar-refractivity contribution is -0.0202. The topological polar surface area (TPSA) is 59.2 Å². The van der Waals surface area contributed by atoms with E-state index in [-0.39, 0.29) is 5.60 Å². The van der Waals surface area contributed by atoms with Crippen LogP contribution in [0.3, 0.4) is 0 Å². The van der Waals surface area contributed by atoms with Crippen molar-refractivity contribution >= 4 is 0 Å². The van der Waals surface area contributed by atoms with E-state index in [1.807, 2.05) is 27.0 Å². The molecule has 1 heterocycles. The van der Waals surface area contributed by atoms with Crippen molar-refractivity contribution < 1.29 is 9.47 Å². The van der Waals surface area contributed by atoms with Crippen LogP contribution in [0.25, 0.3) is 0 Å². The summed E-state index contributed by atoms with van der Waals surface area (Å²) < 4.78 is 10.6. The van der Waals surface area contributed by atoms with Crippen LogP contribution in [0.15, 0.2) is 6.20 Å². The van der Waals surface area contributed by atoms with E-state index >= 15 is 0 Å². The Bertz CT molecular complexity index is 323. The molecule has 0 spiro atoms. The van der Waals surface area contributed by atoms with Crippen molar-refractivity contribution in [2.75, 3.05) is 26.9 Å². The highest BCUT2D eigenvalue weighted by atomic mass is 16.5. The molecule has 1 aromatic heterocycles. The van der Waals surface area contributed by atoms with Crippen LogP contribution in [0.2, 0.25) is 0 Å². The normalized spacial score (nSPS) is 12.0. The number of hydrogen-bond acceptors (Lipinski definition) is 4. The summed E-state index contributed by atoms with van der Waals surface area (Å²) in [5, 5.41) is 3.26. The van der Waals surface area contributed by atoms with E-state index < -0.39 is 0 Å².